The van der Waals surface area contributed by atoms with Gasteiger partial charge >= 0.3 is 12.0 Å². The molecular formula is C13H18N2O4. The molecule has 0 aliphatic heterocycles. The zero-order valence-electron chi connectivity index (χ0n) is 11.0. The minimum Gasteiger partial charge on any atom is -0.479 e. The topological polar surface area (TPSA) is 89.9 Å². The van der Waals surface area contributed by atoms with Gasteiger partial charge in [-0.3, -0.25) is 4.90 Å². The number of carboxylic acids is 1. The predicted octanol–water partition coefficient (Wildman–Crippen LogP) is 1.06. The van der Waals surface area contributed by atoms with Gasteiger partial charge in [0.05, 0.1) is 6.54 Å². The number of aliphatic carboxylic acids is 1. The summed E-state index contributed by atoms with van der Waals surface area (Å²) in [5.74, 6) is -1.38. The molecule has 0 saturated carbocycles. The summed E-state index contributed by atoms with van der Waals surface area (Å²) >= 11 is 0. The van der Waals surface area contributed by atoms with Crippen molar-refractivity contribution in [3.8, 4) is 0 Å². The molecule has 0 aromatic heterocycles. The Morgan fingerprint density at radius 3 is 2.37 bits per heavy atom. The predicted molar refractivity (Wildman–Crippen MR) is 71.1 cm³/mol. The van der Waals surface area contributed by atoms with Gasteiger partial charge in [0, 0.05) is 12.2 Å². The fourth-order valence-electron chi connectivity index (χ4n) is 1.47. The average molecular weight is 266 g/mol. The first kappa shape index (κ1) is 15.0. The molecule has 6 nitrogen and oxygen atoms in total. The van der Waals surface area contributed by atoms with E-state index < -0.39 is 17.6 Å². The smallest absolute Gasteiger partial charge is 0.337 e. The molecule has 1 aromatic carbocycles. The fraction of sp³-hybridized carbons (Fsp3) is 0.385. The third-order valence-corrected chi connectivity index (χ3v) is 2.67. The molecule has 0 aliphatic rings. The molecule has 0 aliphatic carbocycles. The van der Waals surface area contributed by atoms with Gasteiger partial charge in [0.15, 0.2) is 5.60 Å². The van der Waals surface area contributed by atoms with Crippen molar-refractivity contribution in [2.45, 2.75) is 19.4 Å². The molecule has 0 fully saturated rings. The molecule has 1 atom stereocenters. The highest BCUT2D eigenvalue weighted by molar-refractivity contribution is 5.92. The number of hydrogen-bond acceptors (Lipinski definition) is 3. The van der Waals surface area contributed by atoms with E-state index in [1.54, 1.807) is 24.3 Å². The number of carbonyl (C=O) groups excluding carboxylic acids is 1. The maximum absolute atomic E-state index is 12.0. The van der Waals surface area contributed by atoms with Crippen LogP contribution in [0.1, 0.15) is 13.8 Å². The van der Waals surface area contributed by atoms with Crippen molar-refractivity contribution in [3.63, 3.8) is 0 Å². The Kier molecular flexibility index (Phi) is 4.88. The van der Waals surface area contributed by atoms with E-state index >= 15 is 0 Å². The standard InChI is InChI=1S/C13H18N2O4/c1-3-15(10-7-5-4-6-8-10)12(18)14-9-13(2,19)11(16)17/h4-8,19H,3,9H2,1-2H3,(H,14,18)(H,16,17). The summed E-state index contributed by atoms with van der Waals surface area (Å²) in [5, 5.41) is 20.7. The Morgan fingerprint density at radius 2 is 1.89 bits per heavy atom. The molecule has 1 aromatic rings. The molecule has 0 bridgehead atoms. The SMILES string of the molecule is CCN(C(=O)NCC(C)(O)C(=O)O)c1ccccc1. The lowest BCUT2D eigenvalue weighted by atomic mass is 10.1. The van der Waals surface area contributed by atoms with Crippen molar-refractivity contribution in [1.29, 1.82) is 0 Å². The minimum absolute atomic E-state index is 0.357. The van der Waals surface area contributed by atoms with Crippen LogP contribution in [-0.4, -0.2) is 40.9 Å². The Bertz CT molecular complexity index is 445. The van der Waals surface area contributed by atoms with Crippen molar-refractivity contribution in [2.24, 2.45) is 0 Å². The number of rotatable bonds is 5. The molecule has 1 unspecified atom stereocenters. The molecule has 2 amide bonds. The van der Waals surface area contributed by atoms with Crippen molar-refractivity contribution in [3.05, 3.63) is 30.3 Å². The number of carbonyl (C=O) groups is 2. The van der Waals surface area contributed by atoms with Crippen LogP contribution in [0, 0.1) is 0 Å². The molecule has 6 heteroatoms. The van der Waals surface area contributed by atoms with Crippen LogP contribution in [0.4, 0.5) is 10.5 Å². The number of nitrogens with zero attached hydrogens (tertiary/aromatic N) is 1. The molecular weight excluding hydrogens is 248 g/mol. The number of amides is 2. The van der Waals surface area contributed by atoms with E-state index in [0.717, 1.165) is 6.92 Å². The van der Waals surface area contributed by atoms with E-state index in [1.807, 2.05) is 13.0 Å². The van der Waals surface area contributed by atoms with Crippen LogP contribution in [0.15, 0.2) is 30.3 Å². The number of carboxylic acid groups (broad SMARTS) is 1. The molecule has 3 N–H and O–H groups in total. The summed E-state index contributed by atoms with van der Waals surface area (Å²) in [6.45, 7) is 3.02. The first-order chi connectivity index (χ1) is 8.88. The summed E-state index contributed by atoms with van der Waals surface area (Å²) in [4.78, 5) is 24.1. The third-order valence-electron chi connectivity index (χ3n) is 2.67. The van der Waals surface area contributed by atoms with Crippen LogP contribution in [0.2, 0.25) is 0 Å². The summed E-state index contributed by atoms with van der Waals surface area (Å²) in [5.41, 5.74) is -1.27. The summed E-state index contributed by atoms with van der Waals surface area (Å²) in [6.07, 6.45) is 0. The zero-order chi connectivity index (χ0) is 14.5. The van der Waals surface area contributed by atoms with E-state index in [2.05, 4.69) is 5.32 Å². The van der Waals surface area contributed by atoms with Crippen molar-refractivity contribution < 1.29 is 19.8 Å². The van der Waals surface area contributed by atoms with Crippen LogP contribution >= 0.6 is 0 Å². The maximum atomic E-state index is 12.0. The second-order valence-corrected chi connectivity index (χ2v) is 4.32. The van der Waals surface area contributed by atoms with E-state index in [0.29, 0.717) is 12.2 Å². The minimum atomic E-state index is -1.98. The van der Waals surface area contributed by atoms with Crippen LogP contribution < -0.4 is 10.2 Å². The molecule has 0 saturated heterocycles. The van der Waals surface area contributed by atoms with E-state index in [1.165, 1.54) is 4.90 Å². The number of aliphatic hydroxyl groups is 1. The molecule has 0 radical (unpaired) electrons. The Labute approximate surface area is 111 Å². The van der Waals surface area contributed by atoms with Gasteiger partial charge in [-0.15, -0.1) is 0 Å². The first-order valence-electron chi connectivity index (χ1n) is 5.94. The van der Waals surface area contributed by atoms with Gasteiger partial charge in [-0.2, -0.15) is 0 Å². The van der Waals surface area contributed by atoms with Gasteiger partial charge in [-0.05, 0) is 26.0 Å². The van der Waals surface area contributed by atoms with Gasteiger partial charge in [-0.1, -0.05) is 18.2 Å². The van der Waals surface area contributed by atoms with Crippen molar-refractivity contribution >= 4 is 17.7 Å². The number of para-hydroxylation sites is 1. The monoisotopic (exact) mass is 266 g/mol. The van der Waals surface area contributed by atoms with Gasteiger partial charge in [-0.25, -0.2) is 9.59 Å². The Morgan fingerprint density at radius 1 is 1.32 bits per heavy atom. The normalized spacial score (nSPS) is 13.4. The van der Waals surface area contributed by atoms with E-state index in [9.17, 15) is 14.7 Å². The lowest BCUT2D eigenvalue weighted by Crippen LogP contribution is -2.50. The van der Waals surface area contributed by atoms with E-state index in [-0.39, 0.29) is 6.54 Å². The maximum Gasteiger partial charge on any atom is 0.337 e. The number of hydrogen-bond donors (Lipinski definition) is 3. The lowest BCUT2D eigenvalue weighted by Gasteiger charge is -2.24. The van der Waals surface area contributed by atoms with Crippen molar-refractivity contribution in [2.75, 3.05) is 18.0 Å². The highest BCUT2D eigenvalue weighted by Gasteiger charge is 2.30. The van der Waals surface area contributed by atoms with Gasteiger partial charge in [0.1, 0.15) is 0 Å². The number of benzene rings is 1. The summed E-state index contributed by atoms with van der Waals surface area (Å²) < 4.78 is 0. The molecule has 0 spiro atoms. The van der Waals surface area contributed by atoms with Crippen LogP contribution in [0.5, 0.6) is 0 Å². The second-order valence-electron chi connectivity index (χ2n) is 4.32. The first-order valence-corrected chi connectivity index (χ1v) is 5.94. The fourth-order valence-corrected chi connectivity index (χ4v) is 1.47. The van der Waals surface area contributed by atoms with Gasteiger partial charge in [0.2, 0.25) is 0 Å². The van der Waals surface area contributed by atoms with Gasteiger partial charge < -0.3 is 15.5 Å². The molecule has 0 heterocycles. The number of urea groups is 1. The van der Waals surface area contributed by atoms with Crippen molar-refractivity contribution in [1.82, 2.24) is 5.32 Å². The summed E-state index contributed by atoms with van der Waals surface area (Å²) in [7, 11) is 0. The van der Waals surface area contributed by atoms with Crippen LogP contribution in [0.3, 0.4) is 0 Å². The lowest BCUT2D eigenvalue weighted by molar-refractivity contribution is -0.155. The number of anilines is 1. The largest absolute Gasteiger partial charge is 0.479 e. The highest BCUT2D eigenvalue weighted by Crippen LogP contribution is 2.13. The Hall–Kier alpha value is -2.08. The third kappa shape index (κ3) is 3.96. The average Bonchev–Trinajstić information content (AvgIpc) is 2.38. The second kappa shape index (κ2) is 6.19. The Balaban J connectivity index is 2.69. The van der Waals surface area contributed by atoms with E-state index in [4.69, 9.17) is 5.11 Å². The highest BCUT2D eigenvalue weighted by atomic mass is 16.4. The van der Waals surface area contributed by atoms with Gasteiger partial charge in [0.25, 0.3) is 0 Å². The van der Waals surface area contributed by atoms with Crippen LogP contribution in [-0.2, 0) is 4.79 Å². The zero-order valence-corrected chi connectivity index (χ0v) is 11.0. The summed E-state index contributed by atoms with van der Waals surface area (Å²) in [6, 6.07) is 8.55. The molecule has 19 heavy (non-hydrogen) atoms. The number of nitrogens with one attached hydrogen (secondary N) is 1. The quantitative estimate of drug-likeness (QED) is 0.743. The van der Waals surface area contributed by atoms with Crippen LogP contribution in [0.25, 0.3) is 0 Å². The molecule has 104 valence electrons. The molecule has 1 rings (SSSR count).